The largest absolute Gasteiger partial charge is 0.403 e. The lowest BCUT2D eigenvalue weighted by atomic mass is 10.1. The molecule has 0 amide bonds. The van der Waals surface area contributed by atoms with Crippen LogP contribution in [0.5, 0.6) is 0 Å². The van der Waals surface area contributed by atoms with Crippen molar-refractivity contribution < 1.29 is 30.4 Å². The Balaban J connectivity index is 2.34. The summed E-state index contributed by atoms with van der Waals surface area (Å²) in [5, 5.41) is 8.53. The Morgan fingerprint density at radius 1 is 1.07 bits per heavy atom. The van der Waals surface area contributed by atoms with Crippen LogP contribution >= 0.6 is 0 Å². The van der Waals surface area contributed by atoms with Crippen molar-refractivity contribution in [1.29, 1.82) is 5.26 Å². The second kappa shape index (κ2) is 6.97. The van der Waals surface area contributed by atoms with E-state index < -0.39 is 54.7 Å². The number of alkyl halides is 3. The predicted molar refractivity (Wildman–Crippen MR) is 92.7 cm³/mol. The van der Waals surface area contributed by atoms with Crippen LogP contribution < -0.4 is 5.43 Å². The van der Waals surface area contributed by atoms with Crippen LogP contribution in [0.4, 0.5) is 22.0 Å². The molecule has 0 atom stereocenters. The Bertz CT molecular complexity index is 1340. The van der Waals surface area contributed by atoms with E-state index in [2.05, 4.69) is 4.98 Å². The molecular formula is C18H9F5N2O3S. The Morgan fingerprint density at radius 2 is 1.76 bits per heavy atom. The monoisotopic (exact) mass is 428 g/mol. The highest BCUT2D eigenvalue weighted by Gasteiger charge is 2.37. The molecule has 0 saturated heterocycles. The molecule has 29 heavy (non-hydrogen) atoms. The molecule has 2 aromatic carbocycles. The molecule has 0 aliphatic heterocycles. The van der Waals surface area contributed by atoms with E-state index >= 15 is 0 Å². The highest BCUT2D eigenvalue weighted by Crippen LogP contribution is 2.31. The first kappa shape index (κ1) is 20.5. The number of H-pyrrole nitrogens is 1. The van der Waals surface area contributed by atoms with Crippen LogP contribution in [-0.2, 0) is 9.84 Å². The van der Waals surface area contributed by atoms with Gasteiger partial charge in [0.2, 0.25) is 0 Å². The highest BCUT2D eigenvalue weighted by molar-refractivity contribution is 7.91. The minimum Gasteiger partial charge on any atom is -0.354 e. The summed E-state index contributed by atoms with van der Waals surface area (Å²) in [5.41, 5.74) is -2.10. The first-order valence-corrected chi connectivity index (χ1v) is 9.42. The Hall–Kier alpha value is -3.26. The molecule has 0 aliphatic rings. The molecule has 5 nitrogen and oxygen atoms in total. The van der Waals surface area contributed by atoms with Crippen molar-refractivity contribution in [3.8, 4) is 17.3 Å². The molecule has 0 aliphatic carbocycles. The molecule has 3 aromatic rings. The third kappa shape index (κ3) is 4.12. The number of fused-ring (bicyclic) bond motifs is 1. The number of sulfone groups is 1. The van der Waals surface area contributed by atoms with Gasteiger partial charge in [-0.3, -0.25) is 4.79 Å². The summed E-state index contributed by atoms with van der Waals surface area (Å²) in [6, 6.07) is 6.52. The number of aromatic nitrogens is 1. The summed E-state index contributed by atoms with van der Waals surface area (Å²) >= 11 is 0. The summed E-state index contributed by atoms with van der Waals surface area (Å²) in [6.07, 6.45) is -5.03. The minimum absolute atomic E-state index is 0.0997. The maximum Gasteiger partial charge on any atom is 0.403 e. The number of pyridine rings is 1. The van der Waals surface area contributed by atoms with Gasteiger partial charge in [-0.2, -0.15) is 18.4 Å². The van der Waals surface area contributed by atoms with Crippen LogP contribution in [-0.4, -0.2) is 25.3 Å². The molecule has 0 spiro atoms. The van der Waals surface area contributed by atoms with Gasteiger partial charge in [0.1, 0.15) is 11.6 Å². The molecule has 11 heteroatoms. The normalized spacial score (nSPS) is 12.1. The fourth-order valence-corrected chi connectivity index (χ4v) is 4.19. The number of hydrogen-bond acceptors (Lipinski definition) is 4. The van der Waals surface area contributed by atoms with Crippen molar-refractivity contribution in [3.63, 3.8) is 0 Å². The third-order valence-electron chi connectivity index (χ3n) is 3.93. The number of nitrogens with one attached hydrogen (secondary N) is 1. The van der Waals surface area contributed by atoms with E-state index in [4.69, 9.17) is 5.26 Å². The molecule has 0 unspecified atom stereocenters. The van der Waals surface area contributed by atoms with E-state index in [0.29, 0.717) is 6.07 Å². The number of rotatable bonds is 3. The molecule has 1 aromatic heterocycles. The van der Waals surface area contributed by atoms with Gasteiger partial charge in [0.05, 0.1) is 33.1 Å². The van der Waals surface area contributed by atoms with E-state index in [1.165, 1.54) is 0 Å². The quantitative estimate of drug-likeness (QED) is 0.645. The second-order valence-electron chi connectivity index (χ2n) is 6.05. The number of nitrogens with zero attached hydrogens (tertiary/aromatic N) is 1. The van der Waals surface area contributed by atoms with Gasteiger partial charge in [0, 0.05) is 17.7 Å². The molecule has 1 N–H and O–H groups in total. The van der Waals surface area contributed by atoms with Gasteiger partial charge in [-0.15, -0.1) is 0 Å². The standard InChI is InChI=1S/C18H9F5N2O3S/c19-10-4-12(20)17-14(5-10)25-13(6-15(17)26)11-3-9(7-24)1-2-16(11)29(27,28)8-18(21,22)23/h1-6H,8H2,(H,25,26). The van der Waals surface area contributed by atoms with Gasteiger partial charge >= 0.3 is 6.18 Å². The van der Waals surface area contributed by atoms with Crippen LogP contribution in [0.3, 0.4) is 0 Å². The van der Waals surface area contributed by atoms with Gasteiger partial charge in [-0.1, -0.05) is 0 Å². The maximum atomic E-state index is 13.9. The lowest BCUT2D eigenvalue weighted by Crippen LogP contribution is -2.23. The van der Waals surface area contributed by atoms with Crippen molar-refractivity contribution >= 4 is 20.7 Å². The fraction of sp³-hybridized carbons (Fsp3) is 0.111. The molecular weight excluding hydrogens is 419 g/mol. The number of nitriles is 1. The van der Waals surface area contributed by atoms with E-state index in [-0.39, 0.29) is 16.8 Å². The highest BCUT2D eigenvalue weighted by atomic mass is 32.2. The first-order chi connectivity index (χ1) is 13.4. The Kier molecular flexibility index (Phi) is 4.92. The van der Waals surface area contributed by atoms with Crippen molar-refractivity contribution in [2.45, 2.75) is 11.1 Å². The lowest BCUT2D eigenvalue weighted by molar-refractivity contribution is -0.106. The number of aromatic amines is 1. The van der Waals surface area contributed by atoms with Gasteiger partial charge in [-0.25, -0.2) is 17.2 Å². The second-order valence-corrected chi connectivity index (χ2v) is 8.01. The van der Waals surface area contributed by atoms with Crippen molar-refractivity contribution in [2.24, 2.45) is 0 Å². The van der Waals surface area contributed by atoms with Crippen LogP contribution in [0.2, 0.25) is 0 Å². The number of halogens is 5. The summed E-state index contributed by atoms with van der Waals surface area (Å²) in [7, 11) is -4.91. The smallest absolute Gasteiger partial charge is 0.354 e. The van der Waals surface area contributed by atoms with Crippen molar-refractivity contribution in [3.05, 3.63) is 63.8 Å². The van der Waals surface area contributed by atoms with Crippen LogP contribution in [0.15, 0.2) is 46.1 Å². The first-order valence-electron chi connectivity index (χ1n) is 7.77. The summed E-state index contributed by atoms with van der Waals surface area (Å²) < 4.78 is 90.1. The SMILES string of the molecule is N#Cc1ccc(S(=O)(=O)CC(F)(F)F)c(-c2cc(=O)c3c(F)cc(F)cc3[nH]2)c1. The third-order valence-corrected chi connectivity index (χ3v) is 5.67. The van der Waals surface area contributed by atoms with Crippen LogP contribution in [0, 0.1) is 23.0 Å². The molecule has 0 saturated carbocycles. The zero-order valence-corrected chi connectivity index (χ0v) is 15.0. The number of hydrogen-bond donors (Lipinski definition) is 1. The minimum atomic E-state index is -5.03. The van der Waals surface area contributed by atoms with Crippen LogP contribution in [0.25, 0.3) is 22.2 Å². The summed E-state index contributed by atoms with van der Waals surface area (Å²) in [4.78, 5) is 13.9. The van der Waals surface area contributed by atoms with Gasteiger partial charge in [-0.05, 0) is 24.3 Å². The zero-order valence-electron chi connectivity index (χ0n) is 14.1. The number of benzene rings is 2. The van der Waals surface area contributed by atoms with Crippen LogP contribution in [0.1, 0.15) is 5.56 Å². The van der Waals surface area contributed by atoms with E-state index in [1.807, 2.05) is 0 Å². The molecule has 0 bridgehead atoms. The molecule has 3 rings (SSSR count). The molecule has 0 radical (unpaired) electrons. The lowest BCUT2D eigenvalue weighted by Gasteiger charge is -2.13. The van der Waals surface area contributed by atoms with Crippen molar-refractivity contribution in [2.75, 3.05) is 5.75 Å². The summed E-state index contributed by atoms with van der Waals surface area (Å²) in [5.74, 6) is -4.36. The average Bonchev–Trinajstić information content (AvgIpc) is 2.58. The average molecular weight is 428 g/mol. The zero-order chi connectivity index (χ0) is 21.6. The Morgan fingerprint density at radius 3 is 2.38 bits per heavy atom. The molecule has 150 valence electrons. The maximum absolute atomic E-state index is 13.9. The van der Waals surface area contributed by atoms with E-state index in [9.17, 15) is 35.2 Å². The molecule has 1 heterocycles. The van der Waals surface area contributed by atoms with E-state index in [1.54, 1.807) is 6.07 Å². The topological polar surface area (TPSA) is 90.8 Å². The van der Waals surface area contributed by atoms with Gasteiger partial charge in [0.25, 0.3) is 0 Å². The summed E-state index contributed by atoms with van der Waals surface area (Å²) in [6.45, 7) is 0. The molecule has 0 fully saturated rings. The Labute approximate surface area is 159 Å². The predicted octanol–water partition coefficient (Wildman–Crippen LogP) is 3.68. The fourth-order valence-electron chi connectivity index (χ4n) is 2.83. The van der Waals surface area contributed by atoms with Crippen molar-refractivity contribution in [1.82, 2.24) is 4.98 Å². The van der Waals surface area contributed by atoms with Gasteiger partial charge < -0.3 is 4.98 Å². The van der Waals surface area contributed by atoms with Gasteiger partial charge in [0.15, 0.2) is 21.0 Å². The van der Waals surface area contributed by atoms with E-state index in [0.717, 1.165) is 30.3 Å².